The molecule has 0 aliphatic carbocycles. The maximum atomic E-state index is 13.0. The van der Waals surface area contributed by atoms with Crippen molar-refractivity contribution in [2.24, 2.45) is 5.73 Å². The van der Waals surface area contributed by atoms with Crippen LogP contribution in [0.3, 0.4) is 0 Å². The van der Waals surface area contributed by atoms with Crippen LogP contribution >= 0.6 is 0 Å². The van der Waals surface area contributed by atoms with Crippen LogP contribution in [-0.2, 0) is 20.9 Å². The van der Waals surface area contributed by atoms with Crippen molar-refractivity contribution < 1.29 is 23.9 Å². The number of aromatic nitrogens is 2. The third-order valence-electron chi connectivity index (χ3n) is 6.10. The summed E-state index contributed by atoms with van der Waals surface area (Å²) in [6.07, 6.45) is 2.92. The van der Waals surface area contributed by atoms with E-state index in [4.69, 9.17) is 5.73 Å². The molecule has 0 unspecified atom stereocenters. The fourth-order valence-electron chi connectivity index (χ4n) is 4.19. The number of carbonyl (C=O) groups is 4. The molecule has 2 aromatic rings. The molecule has 2 aliphatic rings. The molecule has 0 saturated carbocycles. The molecule has 12 nitrogen and oxygen atoms in total. The van der Waals surface area contributed by atoms with Crippen molar-refractivity contribution in [2.45, 2.75) is 25.4 Å². The number of esters is 1. The lowest BCUT2D eigenvalue weighted by atomic mass is 10.1. The molecule has 1 saturated heterocycles. The highest BCUT2D eigenvalue weighted by molar-refractivity contribution is 6.07. The number of rotatable bonds is 8. The predicted octanol–water partition coefficient (Wildman–Crippen LogP) is -0.0986. The van der Waals surface area contributed by atoms with Crippen molar-refractivity contribution >= 4 is 35.3 Å². The SMILES string of the molecule is COC(=O)CC[C@@H](C(N)=O)N1Cc2c(NC(=O)c3cnc(N4CCNCC4)nc3)cccc2C1=O. The smallest absolute Gasteiger partial charge is 0.305 e. The van der Waals surface area contributed by atoms with Gasteiger partial charge in [0.15, 0.2) is 0 Å². The number of ether oxygens (including phenoxy) is 1. The van der Waals surface area contributed by atoms with E-state index < -0.39 is 29.7 Å². The van der Waals surface area contributed by atoms with E-state index in [1.54, 1.807) is 18.2 Å². The number of hydrogen-bond donors (Lipinski definition) is 3. The maximum absolute atomic E-state index is 13.0. The van der Waals surface area contributed by atoms with Crippen molar-refractivity contribution in [1.29, 1.82) is 0 Å². The second-order valence-corrected chi connectivity index (χ2v) is 8.26. The zero-order valence-electron chi connectivity index (χ0n) is 19.3. The van der Waals surface area contributed by atoms with E-state index in [0.717, 1.165) is 26.2 Å². The Morgan fingerprint density at radius 3 is 2.57 bits per heavy atom. The van der Waals surface area contributed by atoms with Gasteiger partial charge in [0, 0.05) is 68.4 Å². The van der Waals surface area contributed by atoms with Crippen LogP contribution in [0.4, 0.5) is 11.6 Å². The number of anilines is 2. The van der Waals surface area contributed by atoms with E-state index >= 15 is 0 Å². The van der Waals surface area contributed by atoms with Gasteiger partial charge >= 0.3 is 5.97 Å². The van der Waals surface area contributed by atoms with Gasteiger partial charge in [0.2, 0.25) is 11.9 Å². The lowest BCUT2D eigenvalue weighted by Crippen LogP contribution is -2.45. The highest BCUT2D eigenvalue weighted by Crippen LogP contribution is 2.32. The van der Waals surface area contributed by atoms with Crippen molar-refractivity contribution in [3.63, 3.8) is 0 Å². The summed E-state index contributed by atoms with van der Waals surface area (Å²) in [5, 5.41) is 6.08. The number of piperazine rings is 1. The minimum Gasteiger partial charge on any atom is -0.469 e. The largest absolute Gasteiger partial charge is 0.469 e. The molecule has 4 rings (SSSR count). The normalized spacial score (nSPS) is 16.0. The average Bonchev–Trinajstić information content (AvgIpc) is 3.21. The number of nitrogens with two attached hydrogens (primary N) is 1. The number of nitrogens with one attached hydrogen (secondary N) is 2. The number of fused-ring (bicyclic) bond motifs is 1. The first kappa shape index (κ1) is 24.1. The molecule has 4 N–H and O–H groups in total. The monoisotopic (exact) mass is 481 g/mol. The van der Waals surface area contributed by atoms with Gasteiger partial charge in [-0.15, -0.1) is 0 Å². The predicted molar refractivity (Wildman–Crippen MR) is 126 cm³/mol. The van der Waals surface area contributed by atoms with Crippen molar-refractivity contribution in [2.75, 3.05) is 43.5 Å². The van der Waals surface area contributed by atoms with E-state index in [0.29, 0.717) is 22.8 Å². The number of hydrogen-bond acceptors (Lipinski definition) is 9. The fraction of sp³-hybridized carbons (Fsp3) is 0.391. The molecule has 1 aromatic carbocycles. The van der Waals surface area contributed by atoms with Gasteiger partial charge in [0.1, 0.15) is 6.04 Å². The Morgan fingerprint density at radius 2 is 1.91 bits per heavy atom. The molecule has 3 amide bonds. The fourth-order valence-corrected chi connectivity index (χ4v) is 4.19. The van der Waals surface area contributed by atoms with Crippen LogP contribution in [0.1, 0.15) is 39.1 Å². The first-order valence-electron chi connectivity index (χ1n) is 11.3. The summed E-state index contributed by atoms with van der Waals surface area (Å²) in [6, 6.07) is 3.96. The van der Waals surface area contributed by atoms with Crippen LogP contribution in [0.25, 0.3) is 0 Å². The summed E-state index contributed by atoms with van der Waals surface area (Å²) in [5.41, 5.74) is 7.16. The minimum absolute atomic E-state index is 0.0419. The van der Waals surface area contributed by atoms with Crippen molar-refractivity contribution in [3.05, 3.63) is 47.3 Å². The van der Waals surface area contributed by atoms with E-state index in [1.165, 1.54) is 24.4 Å². The van der Waals surface area contributed by atoms with Gasteiger partial charge < -0.3 is 30.9 Å². The summed E-state index contributed by atoms with van der Waals surface area (Å²) >= 11 is 0. The number of amides is 3. The lowest BCUT2D eigenvalue weighted by Gasteiger charge is -2.27. The summed E-state index contributed by atoms with van der Waals surface area (Å²) in [4.78, 5) is 61.5. The third-order valence-corrected chi connectivity index (χ3v) is 6.10. The quantitative estimate of drug-likeness (QED) is 0.438. The molecule has 1 atom stereocenters. The number of primary amides is 1. The molecule has 2 aliphatic heterocycles. The Morgan fingerprint density at radius 1 is 1.20 bits per heavy atom. The molecule has 1 fully saturated rings. The van der Waals surface area contributed by atoms with Crippen LogP contribution in [0.5, 0.6) is 0 Å². The molecule has 0 radical (unpaired) electrons. The van der Waals surface area contributed by atoms with Gasteiger partial charge in [-0.2, -0.15) is 0 Å². The highest BCUT2D eigenvalue weighted by atomic mass is 16.5. The van der Waals surface area contributed by atoms with Crippen LogP contribution in [0.2, 0.25) is 0 Å². The zero-order valence-corrected chi connectivity index (χ0v) is 19.3. The van der Waals surface area contributed by atoms with Gasteiger partial charge in [-0.25, -0.2) is 9.97 Å². The van der Waals surface area contributed by atoms with E-state index in [9.17, 15) is 19.2 Å². The molecule has 12 heteroatoms. The topological polar surface area (TPSA) is 160 Å². The number of nitrogens with zero attached hydrogens (tertiary/aromatic N) is 4. The second-order valence-electron chi connectivity index (χ2n) is 8.26. The van der Waals surface area contributed by atoms with Gasteiger partial charge in [-0.05, 0) is 18.6 Å². The average molecular weight is 482 g/mol. The van der Waals surface area contributed by atoms with Crippen LogP contribution < -0.4 is 21.3 Å². The van der Waals surface area contributed by atoms with Gasteiger partial charge in [-0.3, -0.25) is 19.2 Å². The number of benzene rings is 1. The van der Waals surface area contributed by atoms with Crippen molar-refractivity contribution in [3.8, 4) is 0 Å². The van der Waals surface area contributed by atoms with Crippen LogP contribution in [0, 0.1) is 0 Å². The maximum Gasteiger partial charge on any atom is 0.305 e. The van der Waals surface area contributed by atoms with E-state index in [1.807, 2.05) is 4.90 Å². The van der Waals surface area contributed by atoms with Gasteiger partial charge in [0.25, 0.3) is 11.8 Å². The third kappa shape index (κ3) is 5.22. The summed E-state index contributed by atoms with van der Waals surface area (Å²) in [6.45, 7) is 3.34. The first-order valence-corrected chi connectivity index (χ1v) is 11.3. The summed E-state index contributed by atoms with van der Waals surface area (Å²) < 4.78 is 4.62. The Bertz CT molecular complexity index is 1130. The van der Waals surface area contributed by atoms with Crippen molar-refractivity contribution in [1.82, 2.24) is 20.2 Å². The zero-order chi connectivity index (χ0) is 24.9. The summed E-state index contributed by atoms with van der Waals surface area (Å²) in [7, 11) is 1.25. The highest BCUT2D eigenvalue weighted by Gasteiger charge is 2.37. The molecular formula is C23H27N7O5. The van der Waals surface area contributed by atoms with Gasteiger partial charge in [-0.1, -0.05) is 6.07 Å². The summed E-state index contributed by atoms with van der Waals surface area (Å²) in [5.74, 6) is -1.47. The Hall–Kier alpha value is -4.06. The lowest BCUT2D eigenvalue weighted by molar-refractivity contribution is -0.141. The molecule has 0 spiro atoms. The van der Waals surface area contributed by atoms with E-state index in [-0.39, 0.29) is 24.9 Å². The Balaban J connectivity index is 1.48. The number of methoxy groups -OCH3 is 1. The Kier molecular flexibility index (Phi) is 7.20. The standard InChI is InChI=1S/C23H27N7O5/c1-35-19(31)6-5-18(20(24)32)30-13-16-15(22(30)34)3-2-4-17(16)28-21(33)14-11-26-23(27-12-14)29-9-7-25-8-10-29/h2-4,11-12,18,25H,5-10,13H2,1H3,(H2,24,32)(H,28,33)/t18-/m0/s1. The number of carbonyl (C=O) groups excluding carboxylic acids is 4. The first-order chi connectivity index (χ1) is 16.9. The van der Waals surface area contributed by atoms with E-state index in [2.05, 4.69) is 25.3 Å². The van der Waals surface area contributed by atoms with Crippen LogP contribution in [0.15, 0.2) is 30.6 Å². The Labute approximate surface area is 201 Å². The minimum atomic E-state index is -0.983. The molecule has 184 valence electrons. The molecule has 1 aromatic heterocycles. The molecular weight excluding hydrogens is 454 g/mol. The molecule has 35 heavy (non-hydrogen) atoms. The molecule has 0 bridgehead atoms. The molecule has 3 heterocycles. The van der Waals surface area contributed by atoms with Gasteiger partial charge in [0.05, 0.1) is 12.7 Å². The van der Waals surface area contributed by atoms with Crippen LogP contribution in [-0.4, -0.2) is 77.9 Å². The second kappa shape index (κ2) is 10.5.